The first-order chi connectivity index (χ1) is 16.3. The van der Waals surface area contributed by atoms with Crippen molar-refractivity contribution >= 4 is 18.7 Å². The molecule has 2 fully saturated rings. The summed E-state index contributed by atoms with van der Waals surface area (Å²) in [4.78, 5) is 3.38. The van der Waals surface area contributed by atoms with Crippen molar-refractivity contribution in [3.8, 4) is 0 Å². The van der Waals surface area contributed by atoms with Gasteiger partial charge < -0.3 is 9.84 Å². The van der Waals surface area contributed by atoms with Crippen molar-refractivity contribution in [2.24, 2.45) is 0 Å². The molecule has 2 aliphatic carbocycles. The van der Waals surface area contributed by atoms with Gasteiger partial charge in [0.2, 0.25) is 0 Å². The molecule has 0 aromatic heterocycles. The van der Waals surface area contributed by atoms with Crippen molar-refractivity contribution in [2.75, 3.05) is 6.66 Å². The largest absolute Gasteiger partial charge is 0.512 e. The van der Waals surface area contributed by atoms with Crippen LogP contribution in [0.1, 0.15) is 137 Å². The summed E-state index contributed by atoms with van der Waals surface area (Å²) in [5, 5.41) is 10.6. The number of ether oxygens (including phenoxy) is 1. The Bertz CT molecular complexity index is 635. The second-order valence-electron chi connectivity index (χ2n) is 11.3. The van der Waals surface area contributed by atoms with Crippen LogP contribution >= 0.6 is 18.7 Å². The third kappa shape index (κ3) is 12.0. The first-order valence-corrected chi connectivity index (χ1v) is 17.2. The SMILES string of the molecule is CC/C=C(/NNSP(C)C1(CCCCCCCCCCCC(O)=C2CCC2)CC1)OC(C)(C)C. The number of aliphatic hydroxyl groups excluding tert-OH is 1. The molecule has 1 atom stereocenters. The van der Waals surface area contributed by atoms with Crippen LogP contribution in [0.25, 0.3) is 0 Å². The molecule has 2 aliphatic rings. The summed E-state index contributed by atoms with van der Waals surface area (Å²) >= 11 is 1.88. The molecule has 0 spiro atoms. The fraction of sp³-hybridized carbons (Fsp3) is 0.857. The van der Waals surface area contributed by atoms with Crippen molar-refractivity contribution in [2.45, 2.75) is 148 Å². The summed E-state index contributed by atoms with van der Waals surface area (Å²) in [7, 11) is -0.0894. The van der Waals surface area contributed by atoms with Crippen LogP contribution < -0.4 is 10.3 Å². The molecule has 34 heavy (non-hydrogen) atoms. The molecule has 0 radical (unpaired) electrons. The van der Waals surface area contributed by atoms with Crippen molar-refractivity contribution in [3.63, 3.8) is 0 Å². The van der Waals surface area contributed by atoms with E-state index < -0.39 is 0 Å². The number of hydrazine groups is 1. The number of rotatable bonds is 19. The molecular formula is C28H53N2O2PS. The molecule has 0 aliphatic heterocycles. The fourth-order valence-corrected chi connectivity index (χ4v) is 8.18. The zero-order valence-electron chi connectivity index (χ0n) is 22.8. The lowest BCUT2D eigenvalue weighted by Gasteiger charge is -2.26. The van der Waals surface area contributed by atoms with E-state index in [0.717, 1.165) is 31.6 Å². The van der Waals surface area contributed by atoms with Crippen LogP contribution in [0.4, 0.5) is 0 Å². The van der Waals surface area contributed by atoms with Gasteiger partial charge in [-0.3, -0.25) is 5.43 Å². The number of unbranched alkanes of at least 4 members (excludes halogenated alkanes) is 8. The molecule has 0 amide bonds. The minimum absolute atomic E-state index is 0.0894. The van der Waals surface area contributed by atoms with Gasteiger partial charge in [0.15, 0.2) is 5.88 Å². The summed E-state index contributed by atoms with van der Waals surface area (Å²) in [6, 6.07) is 0. The number of hydrogen-bond acceptors (Lipinski definition) is 5. The molecular weight excluding hydrogens is 459 g/mol. The van der Waals surface area contributed by atoms with E-state index in [1.807, 2.05) is 11.6 Å². The second kappa shape index (κ2) is 15.7. The van der Waals surface area contributed by atoms with Crippen LogP contribution in [0.5, 0.6) is 0 Å². The standard InChI is InChI=1S/C28H53N2O2PS/c1-6-17-26(32-27(2,3)4)29-30-34-33(5)28(22-23-28)21-15-13-11-9-7-8-10-12-14-20-25(31)24-18-16-19-24/h17,29-31H,6-16,18-23H2,1-5H3/b26-17-. The van der Waals surface area contributed by atoms with Gasteiger partial charge >= 0.3 is 0 Å². The normalized spacial score (nSPS) is 18.4. The molecule has 2 saturated carbocycles. The van der Waals surface area contributed by atoms with Crippen LogP contribution in [0, 0.1) is 0 Å². The minimum atomic E-state index is -0.188. The highest BCUT2D eigenvalue weighted by Crippen LogP contribution is 2.69. The zero-order valence-corrected chi connectivity index (χ0v) is 24.5. The summed E-state index contributed by atoms with van der Waals surface area (Å²) in [5.74, 6) is 1.55. The molecule has 0 aromatic carbocycles. The molecule has 3 N–H and O–H groups in total. The quantitative estimate of drug-likeness (QED) is 0.0529. The molecule has 0 aromatic rings. The fourth-order valence-electron chi connectivity index (χ4n) is 4.54. The van der Waals surface area contributed by atoms with Crippen LogP contribution in [0.2, 0.25) is 0 Å². The third-order valence-corrected chi connectivity index (χ3v) is 11.8. The van der Waals surface area contributed by atoms with Gasteiger partial charge in [-0.25, -0.2) is 0 Å². The Hall–Kier alpha value is -0.380. The van der Waals surface area contributed by atoms with Crippen molar-refractivity contribution in [1.82, 2.24) is 10.3 Å². The van der Waals surface area contributed by atoms with E-state index >= 15 is 0 Å². The summed E-state index contributed by atoms with van der Waals surface area (Å²) in [6.45, 7) is 10.8. The highest BCUT2D eigenvalue weighted by atomic mass is 32.7. The molecule has 6 heteroatoms. The third-order valence-electron chi connectivity index (χ3n) is 7.08. The lowest BCUT2D eigenvalue weighted by atomic mass is 9.90. The number of nitrogens with one attached hydrogen (secondary N) is 2. The number of aliphatic hydroxyl groups is 1. The van der Waals surface area contributed by atoms with E-state index in [1.54, 1.807) is 0 Å². The summed E-state index contributed by atoms with van der Waals surface area (Å²) in [5.41, 5.74) is 4.43. The monoisotopic (exact) mass is 512 g/mol. The lowest BCUT2D eigenvalue weighted by molar-refractivity contribution is 0.0386. The average molecular weight is 513 g/mol. The maximum absolute atomic E-state index is 9.97. The van der Waals surface area contributed by atoms with Gasteiger partial charge in [0.05, 0.1) is 5.76 Å². The van der Waals surface area contributed by atoms with Crippen molar-refractivity contribution in [1.29, 1.82) is 0 Å². The summed E-state index contributed by atoms with van der Waals surface area (Å²) in [6.07, 6.45) is 23.9. The molecule has 0 saturated heterocycles. The Morgan fingerprint density at radius 2 is 1.62 bits per heavy atom. The lowest BCUT2D eigenvalue weighted by Crippen LogP contribution is -2.31. The summed E-state index contributed by atoms with van der Waals surface area (Å²) < 4.78 is 5.99. The van der Waals surface area contributed by atoms with E-state index in [4.69, 9.17) is 4.74 Å². The predicted octanol–water partition coefficient (Wildman–Crippen LogP) is 9.64. The predicted molar refractivity (Wildman–Crippen MR) is 152 cm³/mol. The van der Waals surface area contributed by atoms with E-state index in [2.05, 4.69) is 50.7 Å². The minimum Gasteiger partial charge on any atom is -0.512 e. The highest BCUT2D eigenvalue weighted by molar-refractivity contribution is 8.55. The average Bonchev–Trinajstić information content (AvgIpc) is 3.51. The topological polar surface area (TPSA) is 53.5 Å². The zero-order chi connectivity index (χ0) is 24.9. The second-order valence-corrected chi connectivity index (χ2v) is 15.8. The van der Waals surface area contributed by atoms with Gasteiger partial charge in [0.25, 0.3) is 0 Å². The van der Waals surface area contributed by atoms with Gasteiger partial charge in [-0.05, 0) is 109 Å². The Kier molecular flexibility index (Phi) is 13.8. The molecule has 0 heterocycles. The molecule has 1 unspecified atom stereocenters. The Labute approximate surface area is 216 Å². The maximum Gasteiger partial charge on any atom is 0.198 e. The maximum atomic E-state index is 9.97. The van der Waals surface area contributed by atoms with Crippen LogP contribution in [-0.2, 0) is 4.74 Å². The first kappa shape index (κ1) is 29.8. The Morgan fingerprint density at radius 1 is 1.03 bits per heavy atom. The van der Waals surface area contributed by atoms with Crippen molar-refractivity contribution in [3.05, 3.63) is 23.3 Å². The van der Waals surface area contributed by atoms with Crippen LogP contribution in [0.15, 0.2) is 23.3 Å². The van der Waals surface area contributed by atoms with Gasteiger partial charge in [-0.1, -0.05) is 58.3 Å². The number of allylic oxidation sites excluding steroid dienone is 3. The van der Waals surface area contributed by atoms with Gasteiger partial charge in [0.1, 0.15) is 5.60 Å². The van der Waals surface area contributed by atoms with Crippen LogP contribution in [-0.4, -0.2) is 22.5 Å². The van der Waals surface area contributed by atoms with E-state index in [1.165, 1.54) is 89.0 Å². The van der Waals surface area contributed by atoms with E-state index in [0.29, 0.717) is 10.9 Å². The Morgan fingerprint density at radius 3 is 2.12 bits per heavy atom. The number of hydrogen-bond donors (Lipinski definition) is 3. The van der Waals surface area contributed by atoms with Gasteiger partial charge in [0, 0.05) is 11.6 Å². The van der Waals surface area contributed by atoms with Gasteiger partial charge in [-0.2, -0.15) is 4.83 Å². The Balaban J connectivity index is 1.45. The van der Waals surface area contributed by atoms with E-state index in [9.17, 15) is 5.11 Å². The van der Waals surface area contributed by atoms with Gasteiger partial charge in [-0.15, -0.1) is 0 Å². The molecule has 198 valence electrons. The smallest absolute Gasteiger partial charge is 0.198 e. The molecule has 0 bridgehead atoms. The van der Waals surface area contributed by atoms with Crippen molar-refractivity contribution < 1.29 is 9.84 Å². The highest BCUT2D eigenvalue weighted by Gasteiger charge is 2.47. The van der Waals surface area contributed by atoms with Crippen LogP contribution in [0.3, 0.4) is 0 Å². The molecule has 4 nitrogen and oxygen atoms in total. The van der Waals surface area contributed by atoms with E-state index in [-0.39, 0.29) is 12.7 Å². The molecule has 2 rings (SSSR count). The first-order valence-electron chi connectivity index (χ1n) is 14.0.